The second-order valence-electron chi connectivity index (χ2n) is 6.45. The van der Waals surface area contributed by atoms with Crippen LogP contribution in [-0.2, 0) is 20.9 Å². The summed E-state index contributed by atoms with van der Waals surface area (Å²) in [5.41, 5.74) is 2.06. The van der Waals surface area contributed by atoms with Gasteiger partial charge in [-0.15, -0.1) is 0 Å². The van der Waals surface area contributed by atoms with Gasteiger partial charge in [0.1, 0.15) is 18.2 Å². The van der Waals surface area contributed by atoms with Gasteiger partial charge >= 0.3 is 5.97 Å². The molecule has 0 saturated heterocycles. The van der Waals surface area contributed by atoms with Crippen molar-refractivity contribution < 1.29 is 23.5 Å². The topological polar surface area (TPSA) is 64.6 Å². The number of rotatable bonds is 8. The SMILES string of the molecule is O=C(COC(=O)C=Cc1ccc(OCc2ccccc2Cl)cc1)Nc1ccc(F)cc1. The maximum atomic E-state index is 12.8. The number of amides is 1. The maximum absolute atomic E-state index is 12.8. The number of nitrogens with one attached hydrogen (secondary N) is 1. The monoisotopic (exact) mass is 439 g/mol. The Morgan fingerprint density at radius 3 is 2.39 bits per heavy atom. The number of benzene rings is 3. The average molecular weight is 440 g/mol. The lowest BCUT2D eigenvalue weighted by molar-refractivity contribution is -0.142. The largest absolute Gasteiger partial charge is 0.489 e. The molecule has 0 saturated carbocycles. The predicted octanol–water partition coefficient (Wildman–Crippen LogP) is 5.25. The van der Waals surface area contributed by atoms with Gasteiger partial charge in [0.25, 0.3) is 5.91 Å². The van der Waals surface area contributed by atoms with Crippen molar-refractivity contribution in [2.45, 2.75) is 6.61 Å². The molecule has 1 amide bonds. The van der Waals surface area contributed by atoms with Gasteiger partial charge in [-0.1, -0.05) is 41.9 Å². The standard InChI is InChI=1S/C24H19ClFNO4/c25-22-4-2-1-3-18(22)15-30-21-12-5-17(6-13-21)7-14-24(29)31-16-23(28)27-20-10-8-19(26)9-11-20/h1-14H,15-16H2,(H,27,28). The number of esters is 1. The molecular weight excluding hydrogens is 421 g/mol. The number of anilines is 1. The average Bonchev–Trinajstić information content (AvgIpc) is 2.78. The number of carbonyl (C=O) groups excluding carboxylic acids is 2. The van der Waals surface area contributed by atoms with Crippen molar-refractivity contribution in [2.75, 3.05) is 11.9 Å². The Hall–Kier alpha value is -3.64. The van der Waals surface area contributed by atoms with Gasteiger partial charge in [0.15, 0.2) is 6.61 Å². The van der Waals surface area contributed by atoms with Crippen LogP contribution < -0.4 is 10.1 Å². The van der Waals surface area contributed by atoms with Crippen LogP contribution in [0.25, 0.3) is 6.08 Å². The van der Waals surface area contributed by atoms with E-state index in [2.05, 4.69) is 5.32 Å². The van der Waals surface area contributed by atoms with Gasteiger partial charge in [-0.25, -0.2) is 9.18 Å². The summed E-state index contributed by atoms with van der Waals surface area (Å²) in [4.78, 5) is 23.6. The van der Waals surface area contributed by atoms with E-state index in [1.165, 1.54) is 30.3 Å². The van der Waals surface area contributed by atoms with Gasteiger partial charge in [-0.3, -0.25) is 4.79 Å². The van der Waals surface area contributed by atoms with E-state index in [4.69, 9.17) is 21.1 Å². The van der Waals surface area contributed by atoms with Crippen LogP contribution in [0.15, 0.2) is 78.9 Å². The molecule has 7 heteroatoms. The number of carbonyl (C=O) groups is 2. The molecule has 0 bridgehead atoms. The van der Waals surface area contributed by atoms with Crippen molar-refractivity contribution in [1.29, 1.82) is 0 Å². The van der Waals surface area contributed by atoms with Crippen molar-refractivity contribution in [2.24, 2.45) is 0 Å². The second-order valence-corrected chi connectivity index (χ2v) is 6.85. The zero-order valence-electron chi connectivity index (χ0n) is 16.4. The highest BCUT2D eigenvalue weighted by atomic mass is 35.5. The Morgan fingerprint density at radius 1 is 0.968 bits per heavy atom. The van der Waals surface area contributed by atoms with E-state index in [1.807, 2.05) is 18.2 Å². The van der Waals surface area contributed by atoms with Crippen LogP contribution in [0.3, 0.4) is 0 Å². The lowest BCUT2D eigenvalue weighted by Gasteiger charge is -2.08. The first-order valence-corrected chi connectivity index (χ1v) is 9.74. The van der Waals surface area contributed by atoms with Crippen LogP contribution in [0.4, 0.5) is 10.1 Å². The quantitative estimate of drug-likeness (QED) is 0.384. The molecule has 158 valence electrons. The summed E-state index contributed by atoms with van der Waals surface area (Å²) in [6, 6.07) is 19.8. The molecule has 0 aliphatic heterocycles. The molecule has 0 radical (unpaired) electrons. The van der Waals surface area contributed by atoms with Crippen molar-refractivity contribution in [3.63, 3.8) is 0 Å². The fraction of sp³-hybridized carbons (Fsp3) is 0.0833. The van der Waals surface area contributed by atoms with Gasteiger partial charge in [0.05, 0.1) is 0 Å². The molecule has 0 fully saturated rings. The number of hydrogen-bond acceptors (Lipinski definition) is 4. The Bertz CT molecular complexity index is 1070. The van der Waals surface area contributed by atoms with Crippen LogP contribution in [0.1, 0.15) is 11.1 Å². The first kappa shape index (κ1) is 22.1. The minimum atomic E-state index is -0.659. The second kappa shape index (κ2) is 10.9. The molecule has 0 aromatic heterocycles. The highest BCUT2D eigenvalue weighted by molar-refractivity contribution is 6.31. The smallest absolute Gasteiger partial charge is 0.331 e. The minimum Gasteiger partial charge on any atom is -0.489 e. The summed E-state index contributed by atoms with van der Waals surface area (Å²) in [7, 11) is 0. The molecular formula is C24H19ClFNO4. The van der Waals surface area contributed by atoms with E-state index in [-0.39, 0.29) is 0 Å². The highest BCUT2D eigenvalue weighted by Gasteiger charge is 2.06. The van der Waals surface area contributed by atoms with Crippen molar-refractivity contribution >= 4 is 35.2 Å². The first-order chi connectivity index (χ1) is 15.0. The Kier molecular flexibility index (Phi) is 7.79. The zero-order valence-corrected chi connectivity index (χ0v) is 17.1. The summed E-state index contributed by atoms with van der Waals surface area (Å²) in [6.07, 6.45) is 2.79. The molecule has 0 aliphatic rings. The molecule has 5 nitrogen and oxygen atoms in total. The summed E-state index contributed by atoms with van der Waals surface area (Å²) in [5.74, 6) is -0.923. The molecule has 3 aromatic carbocycles. The zero-order chi connectivity index (χ0) is 22.1. The first-order valence-electron chi connectivity index (χ1n) is 9.36. The van der Waals surface area contributed by atoms with Crippen LogP contribution in [0.5, 0.6) is 5.75 Å². The Labute approximate surface area is 184 Å². The van der Waals surface area contributed by atoms with Crippen LogP contribution in [0.2, 0.25) is 5.02 Å². The third-order valence-corrected chi connectivity index (χ3v) is 4.49. The summed E-state index contributed by atoms with van der Waals surface area (Å²) in [6.45, 7) is -0.101. The van der Waals surface area contributed by atoms with Gasteiger partial charge in [0, 0.05) is 22.3 Å². The molecule has 3 aromatic rings. The van der Waals surface area contributed by atoms with Crippen molar-refractivity contribution in [3.05, 3.63) is 101 Å². The molecule has 0 heterocycles. The van der Waals surface area contributed by atoms with E-state index in [0.29, 0.717) is 23.1 Å². The molecule has 1 N–H and O–H groups in total. The number of halogens is 2. The summed E-state index contributed by atoms with van der Waals surface area (Å²) < 4.78 is 23.5. The van der Waals surface area contributed by atoms with E-state index in [0.717, 1.165) is 11.1 Å². The van der Waals surface area contributed by atoms with Gasteiger partial charge in [-0.05, 0) is 54.1 Å². The number of hydrogen-bond donors (Lipinski definition) is 1. The van der Waals surface area contributed by atoms with Gasteiger partial charge in [0.2, 0.25) is 0 Å². The fourth-order valence-electron chi connectivity index (χ4n) is 2.53. The molecule has 0 spiro atoms. The Morgan fingerprint density at radius 2 is 1.68 bits per heavy atom. The third kappa shape index (κ3) is 7.28. The third-order valence-electron chi connectivity index (χ3n) is 4.12. The molecule has 0 atom stereocenters. The molecule has 0 unspecified atom stereocenters. The van der Waals surface area contributed by atoms with E-state index in [1.54, 1.807) is 36.4 Å². The lowest BCUT2D eigenvalue weighted by atomic mass is 10.2. The fourth-order valence-corrected chi connectivity index (χ4v) is 2.72. The van der Waals surface area contributed by atoms with Crippen molar-refractivity contribution in [1.82, 2.24) is 0 Å². The minimum absolute atomic E-state index is 0.348. The van der Waals surface area contributed by atoms with Crippen LogP contribution in [-0.4, -0.2) is 18.5 Å². The van der Waals surface area contributed by atoms with E-state index in [9.17, 15) is 14.0 Å². The highest BCUT2D eigenvalue weighted by Crippen LogP contribution is 2.19. The lowest BCUT2D eigenvalue weighted by Crippen LogP contribution is -2.20. The van der Waals surface area contributed by atoms with Gasteiger partial charge < -0.3 is 14.8 Å². The summed E-state index contributed by atoms with van der Waals surface area (Å²) in [5, 5.41) is 3.15. The normalized spacial score (nSPS) is 10.6. The van der Waals surface area contributed by atoms with E-state index >= 15 is 0 Å². The maximum Gasteiger partial charge on any atom is 0.331 e. The predicted molar refractivity (Wildman–Crippen MR) is 117 cm³/mol. The molecule has 0 aliphatic carbocycles. The molecule has 31 heavy (non-hydrogen) atoms. The van der Waals surface area contributed by atoms with Gasteiger partial charge in [-0.2, -0.15) is 0 Å². The molecule has 3 rings (SSSR count). The summed E-state index contributed by atoms with van der Waals surface area (Å²) >= 11 is 6.11. The van der Waals surface area contributed by atoms with Crippen LogP contribution >= 0.6 is 11.6 Å². The number of ether oxygens (including phenoxy) is 2. The van der Waals surface area contributed by atoms with Crippen molar-refractivity contribution in [3.8, 4) is 5.75 Å². The van der Waals surface area contributed by atoms with Crippen LogP contribution in [0, 0.1) is 5.82 Å². The van der Waals surface area contributed by atoms with E-state index < -0.39 is 24.3 Å². The Balaban J connectivity index is 1.43.